The highest BCUT2D eigenvalue weighted by atomic mass is 16.6. The predicted octanol–water partition coefficient (Wildman–Crippen LogP) is 0.795. The van der Waals surface area contributed by atoms with Gasteiger partial charge in [0, 0.05) is 24.7 Å². The Balaban J connectivity index is 2.16. The molecule has 8 heteroatoms. The maximum absolute atomic E-state index is 10.6. The van der Waals surface area contributed by atoms with E-state index < -0.39 is 4.92 Å². The number of aryl methyl sites for hydroxylation is 1. The Morgan fingerprint density at radius 2 is 2.32 bits per heavy atom. The van der Waals surface area contributed by atoms with Gasteiger partial charge in [0.2, 0.25) is 0 Å². The Morgan fingerprint density at radius 1 is 1.53 bits per heavy atom. The summed E-state index contributed by atoms with van der Waals surface area (Å²) in [5.41, 5.74) is 0.270. The second kappa shape index (κ2) is 5.44. The van der Waals surface area contributed by atoms with E-state index in [0.29, 0.717) is 17.1 Å². The average molecular weight is 264 g/mol. The number of nitrogens with zero attached hydrogens (tertiary/aromatic N) is 4. The minimum atomic E-state index is -0.522. The average Bonchev–Trinajstić information content (AvgIpc) is 2.81. The molecule has 0 aliphatic heterocycles. The van der Waals surface area contributed by atoms with Gasteiger partial charge in [-0.1, -0.05) is 0 Å². The molecule has 8 nitrogen and oxygen atoms in total. The molecule has 0 amide bonds. The van der Waals surface area contributed by atoms with E-state index in [0.717, 1.165) is 0 Å². The fourth-order valence-corrected chi connectivity index (χ4v) is 1.54. The van der Waals surface area contributed by atoms with Crippen LogP contribution >= 0.6 is 0 Å². The molecule has 0 unspecified atom stereocenters. The molecule has 0 radical (unpaired) electrons. The van der Waals surface area contributed by atoms with Crippen molar-refractivity contribution in [3.8, 4) is 5.75 Å². The number of non-ortho nitro benzene ring substituents is 1. The third-order valence-electron chi connectivity index (χ3n) is 2.59. The smallest absolute Gasteiger partial charge is 0.270 e. The molecule has 0 saturated heterocycles. The van der Waals surface area contributed by atoms with Crippen LogP contribution in [-0.2, 0) is 20.3 Å². The fourth-order valence-electron chi connectivity index (χ4n) is 1.54. The monoisotopic (exact) mass is 264 g/mol. The van der Waals surface area contributed by atoms with Crippen molar-refractivity contribution >= 4 is 5.69 Å². The molecule has 1 heterocycles. The molecule has 0 bridgehead atoms. The van der Waals surface area contributed by atoms with Gasteiger partial charge >= 0.3 is 0 Å². The molecule has 1 aromatic carbocycles. The molecule has 1 aromatic heterocycles. The lowest BCUT2D eigenvalue weighted by Gasteiger charge is -2.09. The molecule has 100 valence electrons. The summed E-state index contributed by atoms with van der Waals surface area (Å²) in [7, 11) is 1.73. The highest BCUT2D eigenvalue weighted by Crippen LogP contribution is 2.24. The summed E-state index contributed by atoms with van der Waals surface area (Å²) in [5.74, 6) is 0.998. The highest BCUT2D eigenvalue weighted by molar-refractivity contribution is 5.43. The molecule has 0 atom stereocenters. The lowest BCUT2D eigenvalue weighted by molar-refractivity contribution is -0.385. The van der Waals surface area contributed by atoms with Crippen LogP contribution in [0.2, 0.25) is 0 Å². The van der Waals surface area contributed by atoms with Gasteiger partial charge in [0.1, 0.15) is 18.7 Å². The zero-order chi connectivity index (χ0) is 13.8. The highest BCUT2D eigenvalue weighted by Gasteiger charge is 2.12. The van der Waals surface area contributed by atoms with E-state index in [9.17, 15) is 15.2 Å². The summed E-state index contributed by atoms with van der Waals surface area (Å²) >= 11 is 0. The van der Waals surface area contributed by atoms with Crippen LogP contribution in [0.1, 0.15) is 11.4 Å². The van der Waals surface area contributed by atoms with Crippen LogP contribution in [-0.4, -0.2) is 24.8 Å². The van der Waals surface area contributed by atoms with Crippen molar-refractivity contribution in [3.63, 3.8) is 0 Å². The van der Waals surface area contributed by atoms with E-state index in [1.807, 2.05) is 0 Å². The minimum Gasteiger partial charge on any atom is -0.485 e. The molecule has 2 aromatic rings. The van der Waals surface area contributed by atoms with E-state index in [4.69, 9.17) is 4.74 Å². The Hall–Kier alpha value is -2.48. The maximum atomic E-state index is 10.6. The van der Waals surface area contributed by atoms with Gasteiger partial charge in [0.05, 0.1) is 11.5 Å². The molecule has 19 heavy (non-hydrogen) atoms. The first-order valence-corrected chi connectivity index (χ1v) is 5.45. The van der Waals surface area contributed by atoms with Crippen LogP contribution in [0.3, 0.4) is 0 Å². The molecule has 0 saturated carbocycles. The van der Waals surface area contributed by atoms with E-state index in [1.54, 1.807) is 11.7 Å². The van der Waals surface area contributed by atoms with Crippen LogP contribution in [0.25, 0.3) is 0 Å². The van der Waals surface area contributed by atoms with Crippen molar-refractivity contribution in [1.29, 1.82) is 0 Å². The van der Waals surface area contributed by atoms with Gasteiger partial charge in [-0.3, -0.25) is 14.8 Å². The molecule has 0 spiro atoms. The zero-order valence-electron chi connectivity index (χ0n) is 10.2. The van der Waals surface area contributed by atoms with Crippen molar-refractivity contribution in [2.45, 2.75) is 13.2 Å². The quantitative estimate of drug-likeness (QED) is 0.632. The van der Waals surface area contributed by atoms with E-state index in [1.165, 1.54) is 24.5 Å². The lowest BCUT2D eigenvalue weighted by atomic mass is 10.2. The second-order valence-corrected chi connectivity index (χ2v) is 3.80. The molecule has 1 N–H and O–H groups in total. The number of rotatable bonds is 5. The third kappa shape index (κ3) is 2.86. The number of aliphatic hydroxyl groups is 1. The van der Waals surface area contributed by atoms with E-state index in [2.05, 4.69) is 10.1 Å². The summed E-state index contributed by atoms with van der Waals surface area (Å²) in [6, 6.07) is 4.07. The van der Waals surface area contributed by atoms with Crippen LogP contribution in [0.5, 0.6) is 5.75 Å². The summed E-state index contributed by atoms with van der Waals surface area (Å²) in [6.07, 6.45) is 1.40. The largest absolute Gasteiger partial charge is 0.485 e. The van der Waals surface area contributed by atoms with Crippen molar-refractivity contribution in [1.82, 2.24) is 14.8 Å². The summed E-state index contributed by atoms with van der Waals surface area (Å²) in [5, 5.41) is 23.7. The molecule has 0 aliphatic carbocycles. The van der Waals surface area contributed by atoms with Gasteiger partial charge in [0.15, 0.2) is 5.82 Å². The first-order valence-electron chi connectivity index (χ1n) is 5.45. The summed E-state index contributed by atoms with van der Waals surface area (Å²) in [6.45, 7) is -0.170. The Bertz CT molecular complexity index is 596. The SMILES string of the molecule is Cn1ncnc1COc1ccc([N+](=O)[O-])cc1CO. The summed E-state index contributed by atoms with van der Waals surface area (Å²) in [4.78, 5) is 14.1. The first kappa shape index (κ1) is 13.0. The third-order valence-corrected chi connectivity index (χ3v) is 2.59. The molecule has 0 fully saturated rings. The second-order valence-electron chi connectivity index (χ2n) is 3.80. The van der Waals surface area contributed by atoms with Gasteiger partial charge in [-0.2, -0.15) is 5.10 Å². The minimum absolute atomic E-state index is 0.0879. The molecule has 0 aliphatic rings. The van der Waals surface area contributed by atoms with Crippen molar-refractivity contribution in [2.75, 3.05) is 0 Å². The van der Waals surface area contributed by atoms with Crippen LogP contribution in [0.15, 0.2) is 24.5 Å². The van der Waals surface area contributed by atoms with Crippen LogP contribution in [0, 0.1) is 10.1 Å². The number of aliphatic hydroxyl groups excluding tert-OH is 1. The number of hydrogen-bond donors (Lipinski definition) is 1. The number of aromatic nitrogens is 3. The fraction of sp³-hybridized carbons (Fsp3) is 0.273. The number of nitro groups is 1. The number of ether oxygens (including phenoxy) is 1. The van der Waals surface area contributed by atoms with E-state index in [-0.39, 0.29) is 18.9 Å². The Morgan fingerprint density at radius 3 is 2.89 bits per heavy atom. The summed E-state index contributed by atoms with van der Waals surface area (Å²) < 4.78 is 7.04. The van der Waals surface area contributed by atoms with Gasteiger partial charge in [-0.15, -0.1) is 0 Å². The van der Waals surface area contributed by atoms with Crippen molar-refractivity contribution in [3.05, 3.63) is 46.0 Å². The maximum Gasteiger partial charge on any atom is 0.270 e. The molecular formula is C11H12N4O4. The Labute approximate surface area is 108 Å². The van der Waals surface area contributed by atoms with E-state index >= 15 is 0 Å². The number of nitro benzene ring substituents is 1. The topological polar surface area (TPSA) is 103 Å². The van der Waals surface area contributed by atoms with Gasteiger partial charge in [-0.25, -0.2) is 4.98 Å². The van der Waals surface area contributed by atoms with Gasteiger partial charge < -0.3 is 9.84 Å². The van der Waals surface area contributed by atoms with Gasteiger partial charge in [0.25, 0.3) is 5.69 Å². The number of hydrogen-bond acceptors (Lipinski definition) is 6. The first-order chi connectivity index (χ1) is 9.11. The molecule has 2 rings (SSSR count). The zero-order valence-corrected chi connectivity index (χ0v) is 10.2. The van der Waals surface area contributed by atoms with Crippen molar-refractivity contribution in [2.24, 2.45) is 7.05 Å². The number of benzene rings is 1. The standard InChI is InChI=1S/C11H12N4O4/c1-14-11(12-7-13-14)6-19-10-3-2-9(15(17)18)4-8(10)5-16/h2-4,7,16H,5-6H2,1H3. The van der Waals surface area contributed by atoms with Crippen molar-refractivity contribution < 1.29 is 14.8 Å². The van der Waals surface area contributed by atoms with Gasteiger partial charge in [-0.05, 0) is 6.07 Å². The van der Waals surface area contributed by atoms with Crippen LogP contribution in [0.4, 0.5) is 5.69 Å². The Kier molecular flexibility index (Phi) is 3.71. The normalized spacial score (nSPS) is 10.4. The lowest BCUT2D eigenvalue weighted by Crippen LogP contribution is -2.06. The predicted molar refractivity (Wildman–Crippen MR) is 64.4 cm³/mol. The molecular weight excluding hydrogens is 252 g/mol. The van der Waals surface area contributed by atoms with Crippen LogP contribution < -0.4 is 4.74 Å².